The van der Waals surface area contributed by atoms with E-state index in [-0.39, 0.29) is 5.56 Å². The van der Waals surface area contributed by atoms with Gasteiger partial charge in [-0.05, 0) is 25.6 Å². The molecule has 4 nitrogen and oxygen atoms in total. The van der Waals surface area contributed by atoms with Crippen LogP contribution >= 0.6 is 0 Å². The lowest BCUT2D eigenvalue weighted by Crippen LogP contribution is -2.20. The van der Waals surface area contributed by atoms with Crippen LogP contribution in [0.5, 0.6) is 0 Å². The number of H-pyrrole nitrogens is 1. The van der Waals surface area contributed by atoms with Crippen molar-refractivity contribution >= 4 is 0 Å². The minimum absolute atomic E-state index is 0.126. The predicted octanol–water partition coefficient (Wildman–Crippen LogP) is 0.579. The van der Waals surface area contributed by atoms with Crippen molar-refractivity contribution < 1.29 is 0 Å². The molecule has 1 N–H and O–H groups in total. The van der Waals surface area contributed by atoms with Gasteiger partial charge in [-0.1, -0.05) is 6.92 Å². The van der Waals surface area contributed by atoms with Gasteiger partial charge in [0.1, 0.15) is 0 Å². The van der Waals surface area contributed by atoms with Crippen molar-refractivity contribution in [3.05, 3.63) is 28.2 Å². The molecule has 1 aliphatic rings. The van der Waals surface area contributed by atoms with Crippen LogP contribution in [0.3, 0.4) is 0 Å². The number of nitrogens with one attached hydrogen (secondary N) is 1. The first-order chi connectivity index (χ1) is 6.79. The van der Waals surface area contributed by atoms with Crippen LogP contribution in [0.1, 0.15) is 25.0 Å². The van der Waals surface area contributed by atoms with E-state index in [9.17, 15) is 4.79 Å². The fraction of sp³-hybridized carbons (Fsp3) is 0.600. The largest absolute Gasteiger partial charge is 0.303 e. The van der Waals surface area contributed by atoms with Gasteiger partial charge in [0.2, 0.25) is 0 Å². The molecule has 0 saturated carbocycles. The van der Waals surface area contributed by atoms with E-state index in [0.29, 0.717) is 5.92 Å². The van der Waals surface area contributed by atoms with Gasteiger partial charge in [0.05, 0.1) is 5.69 Å². The number of aromatic amines is 1. The molecular formula is C10H15N3O. The van der Waals surface area contributed by atoms with Gasteiger partial charge in [0, 0.05) is 18.5 Å². The second kappa shape index (κ2) is 3.92. The van der Waals surface area contributed by atoms with Gasteiger partial charge in [-0.2, -0.15) is 5.10 Å². The van der Waals surface area contributed by atoms with Gasteiger partial charge in [0.15, 0.2) is 0 Å². The average Bonchev–Trinajstić information content (AvgIpc) is 2.67. The van der Waals surface area contributed by atoms with Gasteiger partial charge in [-0.25, -0.2) is 5.10 Å². The van der Waals surface area contributed by atoms with Gasteiger partial charge in [-0.15, -0.1) is 0 Å². The van der Waals surface area contributed by atoms with Gasteiger partial charge in [0.25, 0.3) is 5.56 Å². The third-order valence-corrected chi connectivity index (χ3v) is 2.84. The number of rotatable bonds is 2. The first-order valence-electron chi connectivity index (χ1n) is 5.07. The zero-order chi connectivity index (χ0) is 9.97. The summed E-state index contributed by atoms with van der Waals surface area (Å²) in [5.74, 6) is 0.492. The van der Waals surface area contributed by atoms with E-state index in [1.807, 2.05) is 6.07 Å². The fourth-order valence-electron chi connectivity index (χ4n) is 1.94. The Morgan fingerprint density at radius 3 is 3.07 bits per heavy atom. The van der Waals surface area contributed by atoms with Crippen LogP contribution in [0.4, 0.5) is 0 Å². The highest BCUT2D eigenvalue weighted by Crippen LogP contribution is 2.24. The van der Waals surface area contributed by atoms with E-state index >= 15 is 0 Å². The molecule has 1 atom stereocenters. The van der Waals surface area contributed by atoms with Crippen molar-refractivity contribution in [2.24, 2.45) is 0 Å². The maximum absolute atomic E-state index is 10.8. The number of aromatic nitrogens is 2. The van der Waals surface area contributed by atoms with Crippen molar-refractivity contribution in [1.82, 2.24) is 15.1 Å². The third-order valence-electron chi connectivity index (χ3n) is 2.84. The Hall–Kier alpha value is -1.16. The van der Waals surface area contributed by atoms with Gasteiger partial charge >= 0.3 is 0 Å². The molecule has 0 bridgehead atoms. The van der Waals surface area contributed by atoms with E-state index < -0.39 is 0 Å². The highest BCUT2D eigenvalue weighted by Gasteiger charge is 2.23. The first kappa shape index (κ1) is 9.40. The van der Waals surface area contributed by atoms with E-state index in [0.717, 1.165) is 31.7 Å². The van der Waals surface area contributed by atoms with Gasteiger partial charge in [-0.3, -0.25) is 4.79 Å². The minimum atomic E-state index is -0.126. The summed E-state index contributed by atoms with van der Waals surface area (Å²) in [4.78, 5) is 13.2. The number of likely N-dealkylation sites (tertiary alicyclic amines) is 1. The van der Waals surface area contributed by atoms with Gasteiger partial charge < -0.3 is 4.90 Å². The molecule has 1 aliphatic heterocycles. The van der Waals surface area contributed by atoms with E-state index in [2.05, 4.69) is 22.0 Å². The fourth-order valence-corrected chi connectivity index (χ4v) is 1.94. The Kier molecular flexibility index (Phi) is 2.63. The molecule has 0 amide bonds. The quantitative estimate of drug-likeness (QED) is 0.747. The molecule has 1 aromatic rings. The Balaban J connectivity index is 2.09. The lowest BCUT2D eigenvalue weighted by molar-refractivity contribution is 0.353. The maximum Gasteiger partial charge on any atom is 0.264 e. The van der Waals surface area contributed by atoms with Crippen LogP contribution in [0.2, 0.25) is 0 Å². The van der Waals surface area contributed by atoms with Crippen LogP contribution in [-0.2, 0) is 0 Å². The third kappa shape index (κ3) is 1.85. The van der Waals surface area contributed by atoms with Crippen LogP contribution < -0.4 is 5.56 Å². The second-order valence-electron chi connectivity index (χ2n) is 3.72. The Labute approximate surface area is 82.9 Å². The SMILES string of the molecule is CCN1CCC(c2ccc(=O)[nH]n2)C1. The van der Waals surface area contributed by atoms with Crippen LogP contribution in [-0.4, -0.2) is 34.7 Å². The highest BCUT2D eigenvalue weighted by molar-refractivity contribution is 5.09. The summed E-state index contributed by atoms with van der Waals surface area (Å²) in [6.45, 7) is 5.47. The van der Waals surface area contributed by atoms with Crippen molar-refractivity contribution in [2.75, 3.05) is 19.6 Å². The number of nitrogens with zero attached hydrogens (tertiary/aromatic N) is 2. The summed E-state index contributed by atoms with van der Waals surface area (Å²) < 4.78 is 0. The Bertz CT molecular complexity index is 340. The highest BCUT2D eigenvalue weighted by atomic mass is 16.1. The average molecular weight is 193 g/mol. The summed E-state index contributed by atoms with van der Waals surface area (Å²) in [5, 5.41) is 6.55. The smallest absolute Gasteiger partial charge is 0.264 e. The molecule has 2 rings (SSSR count). The number of likely N-dealkylation sites (N-methyl/N-ethyl adjacent to an activating group) is 1. The topological polar surface area (TPSA) is 49.0 Å². The summed E-state index contributed by atoms with van der Waals surface area (Å²) in [5.41, 5.74) is 0.889. The molecule has 1 aromatic heterocycles. The molecule has 4 heteroatoms. The summed E-state index contributed by atoms with van der Waals surface area (Å²) in [6, 6.07) is 3.39. The molecule has 2 heterocycles. The van der Waals surface area contributed by atoms with Crippen LogP contribution in [0.15, 0.2) is 16.9 Å². The zero-order valence-corrected chi connectivity index (χ0v) is 8.36. The lowest BCUT2D eigenvalue weighted by Gasteiger charge is -2.12. The maximum atomic E-state index is 10.8. The molecule has 1 saturated heterocycles. The Morgan fingerprint density at radius 2 is 2.50 bits per heavy atom. The molecule has 0 spiro atoms. The summed E-state index contributed by atoms with van der Waals surface area (Å²) in [6.07, 6.45) is 1.15. The second-order valence-corrected chi connectivity index (χ2v) is 3.72. The van der Waals surface area contributed by atoms with Crippen LogP contribution in [0.25, 0.3) is 0 Å². The van der Waals surface area contributed by atoms with E-state index in [1.165, 1.54) is 0 Å². The number of hydrogen-bond acceptors (Lipinski definition) is 3. The summed E-state index contributed by atoms with van der Waals surface area (Å²) >= 11 is 0. The van der Waals surface area contributed by atoms with Crippen molar-refractivity contribution in [1.29, 1.82) is 0 Å². The molecule has 76 valence electrons. The first-order valence-corrected chi connectivity index (χ1v) is 5.07. The standard InChI is InChI=1S/C10H15N3O/c1-2-13-6-5-8(7-13)9-3-4-10(14)12-11-9/h3-4,8H,2,5-7H2,1H3,(H,12,14). The normalized spacial score (nSPS) is 22.8. The molecule has 0 radical (unpaired) electrons. The summed E-state index contributed by atoms with van der Waals surface area (Å²) in [7, 11) is 0. The zero-order valence-electron chi connectivity index (χ0n) is 8.36. The lowest BCUT2D eigenvalue weighted by atomic mass is 10.1. The Morgan fingerprint density at radius 1 is 1.64 bits per heavy atom. The molecular weight excluding hydrogens is 178 g/mol. The van der Waals surface area contributed by atoms with E-state index in [4.69, 9.17) is 0 Å². The minimum Gasteiger partial charge on any atom is -0.303 e. The van der Waals surface area contributed by atoms with Crippen molar-refractivity contribution in [3.63, 3.8) is 0 Å². The molecule has 0 aromatic carbocycles. The van der Waals surface area contributed by atoms with E-state index in [1.54, 1.807) is 6.07 Å². The monoisotopic (exact) mass is 193 g/mol. The molecule has 1 fully saturated rings. The molecule has 14 heavy (non-hydrogen) atoms. The van der Waals surface area contributed by atoms with Crippen molar-refractivity contribution in [3.8, 4) is 0 Å². The molecule has 1 unspecified atom stereocenters. The van der Waals surface area contributed by atoms with Crippen LogP contribution in [0, 0.1) is 0 Å². The van der Waals surface area contributed by atoms with Crippen molar-refractivity contribution in [2.45, 2.75) is 19.3 Å². The molecule has 0 aliphatic carbocycles. The number of hydrogen-bond donors (Lipinski definition) is 1. The predicted molar refractivity (Wildman–Crippen MR) is 54.3 cm³/mol.